The van der Waals surface area contributed by atoms with Crippen molar-refractivity contribution in [3.63, 3.8) is 0 Å². The van der Waals surface area contributed by atoms with Crippen molar-refractivity contribution in [3.05, 3.63) is 0 Å². The lowest BCUT2D eigenvalue weighted by Gasteiger charge is -2.18. The average molecular weight is 793 g/mol. The number of ether oxygens (including phenoxy) is 3. The van der Waals surface area contributed by atoms with Crippen molar-refractivity contribution in [1.29, 1.82) is 0 Å². The van der Waals surface area contributed by atoms with Gasteiger partial charge in [-0.25, -0.2) is 0 Å². The van der Waals surface area contributed by atoms with Crippen molar-refractivity contribution in [2.24, 2.45) is 0 Å². The Hall–Kier alpha value is -1.59. The second kappa shape index (κ2) is 46.1. The van der Waals surface area contributed by atoms with Gasteiger partial charge in [-0.3, -0.25) is 14.4 Å². The Kier molecular flexibility index (Phi) is 44.8. The number of unbranched alkanes of at least 4 members (excludes halogenated alkanes) is 35. The molecular formula is C50H96O6. The van der Waals surface area contributed by atoms with Gasteiger partial charge in [0.25, 0.3) is 0 Å². The second-order valence-electron chi connectivity index (χ2n) is 17.1. The number of carbonyl (C=O) groups excluding carboxylic acids is 3. The molecule has 1 atom stereocenters. The monoisotopic (exact) mass is 793 g/mol. The van der Waals surface area contributed by atoms with Crippen molar-refractivity contribution in [3.8, 4) is 0 Å². The van der Waals surface area contributed by atoms with Crippen molar-refractivity contribution in [1.82, 2.24) is 0 Å². The molecule has 0 amide bonds. The Balaban J connectivity index is 3.89. The quantitative estimate of drug-likeness (QED) is 0.0347. The summed E-state index contributed by atoms with van der Waals surface area (Å²) in [6.45, 7) is 6.55. The van der Waals surface area contributed by atoms with Crippen LogP contribution in [-0.4, -0.2) is 37.2 Å². The highest BCUT2D eigenvalue weighted by molar-refractivity contribution is 5.71. The molecule has 0 spiro atoms. The lowest BCUT2D eigenvalue weighted by molar-refractivity contribution is -0.167. The molecule has 6 nitrogen and oxygen atoms in total. The van der Waals surface area contributed by atoms with E-state index in [1.807, 2.05) is 0 Å². The summed E-state index contributed by atoms with van der Waals surface area (Å²) in [4.78, 5) is 37.4. The Bertz CT molecular complexity index is 828. The van der Waals surface area contributed by atoms with Crippen LogP contribution in [0.4, 0.5) is 0 Å². The summed E-state index contributed by atoms with van der Waals surface area (Å²) in [5, 5.41) is 0. The highest BCUT2D eigenvalue weighted by Crippen LogP contribution is 2.17. The van der Waals surface area contributed by atoms with Gasteiger partial charge in [0, 0.05) is 19.3 Å². The third kappa shape index (κ3) is 43.5. The summed E-state index contributed by atoms with van der Waals surface area (Å²) < 4.78 is 16.6. The lowest BCUT2D eigenvalue weighted by atomic mass is 10.0. The summed E-state index contributed by atoms with van der Waals surface area (Å²) in [5.74, 6) is -0.870. The summed E-state index contributed by atoms with van der Waals surface area (Å²) in [6, 6.07) is 0. The highest BCUT2D eigenvalue weighted by Gasteiger charge is 2.19. The molecule has 0 bridgehead atoms. The first-order valence-electron chi connectivity index (χ1n) is 25.0. The first-order chi connectivity index (χ1) is 27.5. The van der Waals surface area contributed by atoms with Gasteiger partial charge >= 0.3 is 17.9 Å². The third-order valence-corrected chi connectivity index (χ3v) is 11.4. The van der Waals surface area contributed by atoms with Crippen LogP contribution in [0, 0.1) is 0 Å². The van der Waals surface area contributed by atoms with Gasteiger partial charge < -0.3 is 14.2 Å². The van der Waals surface area contributed by atoms with Crippen LogP contribution in [0.15, 0.2) is 0 Å². The molecule has 1 unspecified atom stereocenters. The Morgan fingerprint density at radius 2 is 0.482 bits per heavy atom. The molecule has 0 heterocycles. The maximum atomic E-state index is 12.6. The fourth-order valence-electron chi connectivity index (χ4n) is 7.56. The van der Waals surface area contributed by atoms with E-state index in [0.29, 0.717) is 19.3 Å². The van der Waals surface area contributed by atoms with Crippen LogP contribution in [0.5, 0.6) is 0 Å². The maximum absolute atomic E-state index is 12.6. The summed E-state index contributed by atoms with van der Waals surface area (Å²) in [7, 11) is 0. The molecule has 0 aliphatic rings. The van der Waals surface area contributed by atoms with Gasteiger partial charge in [-0.2, -0.15) is 0 Å². The molecule has 0 saturated carbocycles. The van der Waals surface area contributed by atoms with Gasteiger partial charge in [0.15, 0.2) is 6.10 Å². The van der Waals surface area contributed by atoms with Gasteiger partial charge in [-0.1, -0.05) is 245 Å². The minimum Gasteiger partial charge on any atom is -0.462 e. The number of rotatable bonds is 46. The SMILES string of the molecule is CCCCCCCCCCCCCCCCCCCCCCCCCCCC(=O)OCC(COC(=O)CCCCCCC)OC(=O)CCCCCCCCCC. The summed E-state index contributed by atoms with van der Waals surface area (Å²) in [5.41, 5.74) is 0. The van der Waals surface area contributed by atoms with E-state index in [2.05, 4.69) is 20.8 Å². The first kappa shape index (κ1) is 54.4. The smallest absolute Gasteiger partial charge is 0.306 e. The summed E-state index contributed by atoms with van der Waals surface area (Å²) in [6.07, 6.45) is 48.7. The Morgan fingerprint density at radius 1 is 0.286 bits per heavy atom. The van der Waals surface area contributed by atoms with Crippen molar-refractivity contribution in [2.75, 3.05) is 13.2 Å². The molecule has 0 aromatic carbocycles. The molecule has 0 aromatic heterocycles. The molecule has 6 heteroatoms. The standard InChI is InChI=1S/C50H96O6/c1-4-7-10-13-15-17-18-19-20-21-22-23-24-25-26-27-28-29-30-31-32-33-35-37-40-43-49(52)55-46-47(45-54-48(51)42-39-36-12-9-6-3)56-50(53)44-41-38-34-16-14-11-8-5-2/h47H,4-46H2,1-3H3. The van der Waals surface area contributed by atoms with Gasteiger partial charge in [0.05, 0.1) is 0 Å². The molecule has 0 fully saturated rings. The topological polar surface area (TPSA) is 78.9 Å². The zero-order valence-electron chi connectivity index (χ0n) is 37.9. The molecule has 56 heavy (non-hydrogen) atoms. The van der Waals surface area contributed by atoms with Gasteiger partial charge in [0.1, 0.15) is 13.2 Å². The highest BCUT2D eigenvalue weighted by atomic mass is 16.6. The molecule has 0 aliphatic carbocycles. The fourth-order valence-corrected chi connectivity index (χ4v) is 7.56. The largest absolute Gasteiger partial charge is 0.462 e. The fraction of sp³-hybridized carbons (Fsp3) is 0.940. The van der Waals surface area contributed by atoms with Gasteiger partial charge in [-0.15, -0.1) is 0 Å². The van der Waals surface area contributed by atoms with Crippen LogP contribution in [0.1, 0.15) is 284 Å². The molecule has 0 N–H and O–H groups in total. The molecule has 332 valence electrons. The lowest BCUT2D eigenvalue weighted by Crippen LogP contribution is -2.30. The van der Waals surface area contributed by atoms with E-state index in [4.69, 9.17) is 14.2 Å². The van der Waals surface area contributed by atoms with Crippen LogP contribution >= 0.6 is 0 Å². The van der Waals surface area contributed by atoms with E-state index in [1.54, 1.807) is 0 Å². The number of esters is 3. The predicted octanol–water partition coefficient (Wildman–Crippen LogP) is 16.0. The minimum absolute atomic E-state index is 0.0643. The minimum atomic E-state index is -0.756. The van der Waals surface area contributed by atoms with Crippen molar-refractivity contribution in [2.45, 2.75) is 290 Å². The predicted molar refractivity (Wildman–Crippen MR) is 238 cm³/mol. The first-order valence-corrected chi connectivity index (χ1v) is 25.0. The molecule has 0 aliphatic heterocycles. The van der Waals surface area contributed by atoms with E-state index in [-0.39, 0.29) is 31.1 Å². The zero-order chi connectivity index (χ0) is 40.8. The average Bonchev–Trinajstić information content (AvgIpc) is 3.19. The van der Waals surface area contributed by atoms with Crippen molar-refractivity contribution >= 4 is 17.9 Å². The van der Waals surface area contributed by atoms with Crippen LogP contribution in [0.2, 0.25) is 0 Å². The zero-order valence-corrected chi connectivity index (χ0v) is 37.9. The molecule has 0 rings (SSSR count). The molecule has 0 radical (unpaired) electrons. The van der Waals surface area contributed by atoms with Gasteiger partial charge in [-0.05, 0) is 19.3 Å². The van der Waals surface area contributed by atoms with E-state index in [9.17, 15) is 14.4 Å². The number of hydrogen-bond donors (Lipinski definition) is 0. The van der Waals surface area contributed by atoms with E-state index in [1.165, 1.54) is 180 Å². The Morgan fingerprint density at radius 3 is 0.714 bits per heavy atom. The Labute approximate surface area is 348 Å². The molecule has 0 aromatic rings. The molecular weight excluding hydrogens is 697 g/mol. The van der Waals surface area contributed by atoms with Crippen LogP contribution < -0.4 is 0 Å². The number of hydrogen-bond acceptors (Lipinski definition) is 6. The van der Waals surface area contributed by atoms with Crippen LogP contribution in [0.25, 0.3) is 0 Å². The van der Waals surface area contributed by atoms with E-state index < -0.39 is 6.10 Å². The van der Waals surface area contributed by atoms with Crippen molar-refractivity contribution < 1.29 is 28.6 Å². The maximum Gasteiger partial charge on any atom is 0.306 e. The van der Waals surface area contributed by atoms with Crippen LogP contribution in [0.3, 0.4) is 0 Å². The van der Waals surface area contributed by atoms with E-state index >= 15 is 0 Å². The van der Waals surface area contributed by atoms with Crippen LogP contribution in [-0.2, 0) is 28.6 Å². The molecule has 0 saturated heterocycles. The van der Waals surface area contributed by atoms with Gasteiger partial charge in [0.2, 0.25) is 0 Å². The third-order valence-electron chi connectivity index (χ3n) is 11.4. The summed E-state index contributed by atoms with van der Waals surface area (Å²) >= 11 is 0. The normalized spacial score (nSPS) is 11.8. The second-order valence-corrected chi connectivity index (χ2v) is 17.1. The van der Waals surface area contributed by atoms with E-state index in [0.717, 1.165) is 64.2 Å². The number of carbonyl (C=O) groups is 3.